The molecule has 6 heterocycles. The fourth-order valence-corrected chi connectivity index (χ4v) is 6.48. The molecule has 2 saturated heterocycles. The van der Waals surface area contributed by atoms with Gasteiger partial charge >= 0.3 is 0 Å². The number of carbonyl (C=O) groups excluding carboxylic acids is 1. The lowest BCUT2D eigenvalue weighted by Crippen LogP contribution is -2.50. The molecular formula is C28H34N10O2. The molecule has 3 N–H and O–H groups in total. The predicted octanol–water partition coefficient (Wildman–Crippen LogP) is 2.59. The first kappa shape index (κ1) is 25.0. The summed E-state index contributed by atoms with van der Waals surface area (Å²) in [4.78, 5) is 28.5. The number of benzene rings is 1. The van der Waals surface area contributed by atoms with Crippen LogP contribution in [0, 0.1) is 5.41 Å². The van der Waals surface area contributed by atoms with Crippen molar-refractivity contribution in [2.45, 2.75) is 38.8 Å². The van der Waals surface area contributed by atoms with Gasteiger partial charge < -0.3 is 25.2 Å². The summed E-state index contributed by atoms with van der Waals surface area (Å²) in [5.74, 6) is 1.54. The molecule has 7 rings (SSSR count). The molecule has 2 atom stereocenters. The van der Waals surface area contributed by atoms with E-state index in [4.69, 9.17) is 20.4 Å². The van der Waals surface area contributed by atoms with Crippen molar-refractivity contribution >= 4 is 40.1 Å². The Hall–Kier alpha value is -4.03. The van der Waals surface area contributed by atoms with Crippen LogP contribution in [0.1, 0.15) is 26.7 Å². The molecule has 2 fully saturated rings. The zero-order valence-electron chi connectivity index (χ0n) is 23.0. The molecule has 0 bridgehead atoms. The van der Waals surface area contributed by atoms with E-state index in [1.807, 2.05) is 42.7 Å². The summed E-state index contributed by atoms with van der Waals surface area (Å²) in [5.41, 5.74) is 11.6. The number of rotatable bonds is 3. The molecule has 3 aliphatic heterocycles. The summed E-state index contributed by atoms with van der Waals surface area (Å²) in [7, 11) is 1.89. The molecule has 0 radical (unpaired) electrons. The quantitative estimate of drug-likeness (QED) is 0.401. The van der Waals surface area contributed by atoms with Crippen LogP contribution in [-0.2, 0) is 16.6 Å². The summed E-state index contributed by atoms with van der Waals surface area (Å²) in [5, 5.41) is 12.0. The number of ether oxygens (including phenoxy) is 1. The van der Waals surface area contributed by atoms with E-state index in [1.165, 1.54) is 0 Å². The minimum atomic E-state index is 0.00319. The number of anilines is 4. The Labute approximate surface area is 232 Å². The van der Waals surface area contributed by atoms with Gasteiger partial charge in [-0.3, -0.25) is 14.6 Å². The van der Waals surface area contributed by atoms with Crippen LogP contribution in [0.3, 0.4) is 0 Å². The van der Waals surface area contributed by atoms with E-state index in [-0.39, 0.29) is 23.5 Å². The monoisotopic (exact) mass is 542 g/mol. The highest BCUT2D eigenvalue weighted by molar-refractivity contribution is 6.00. The summed E-state index contributed by atoms with van der Waals surface area (Å²) in [6.45, 7) is 7.27. The lowest BCUT2D eigenvalue weighted by molar-refractivity contribution is -0.116. The molecule has 12 heteroatoms. The van der Waals surface area contributed by atoms with Crippen LogP contribution in [0.15, 0.2) is 36.8 Å². The maximum atomic E-state index is 12.6. The van der Waals surface area contributed by atoms with Crippen LogP contribution in [-0.4, -0.2) is 80.8 Å². The molecule has 1 aromatic carbocycles. The standard InChI is InChI=1S/C28H34N10O2/c1-17-25(29)28(16-40-17)6-8-36(9-7-28)23-14-30-24-26(32-23)33-34-27(24)38-11-10-37(18(2)39)22-12-19(4-5-21(22)38)20-13-31-35(3)15-20/h4-5,12-15,17,25H,6-11,16,29H2,1-3H3,(H,32,33,34)/t17-,25+/m0/s1. The van der Waals surface area contributed by atoms with Crippen LogP contribution in [0.2, 0.25) is 0 Å². The van der Waals surface area contributed by atoms with Gasteiger partial charge in [0.05, 0.1) is 36.5 Å². The lowest BCUT2D eigenvalue weighted by atomic mass is 9.73. The molecule has 3 aromatic heterocycles. The largest absolute Gasteiger partial charge is 0.376 e. The number of nitrogens with one attached hydrogen (secondary N) is 1. The molecule has 1 amide bonds. The van der Waals surface area contributed by atoms with Crippen LogP contribution in [0.25, 0.3) is 22.3 Å². The number of H-pyrrole nitrogens is 1. The van der Waals surface area contributed by atoms with Gasteiger partial charge in [0.1, 0.15) is 5.82 Å². The summed E-state index contributed by atoms with van der Waals surface area (Å²) < 4.78 is 7.65. The van der Waals surface area contributed by atoms with E-state index in [0.29, 0.717) is 30.1 Å². The Morgan fingerprint density at radius 1 is 1.12 bits per heavy atom. The molecule has 208 valence electrons. The fraction of sp³-hybridized carbons (Fsp3) is 0.464. The van der Waals surface area contributed by atoms with Crippen LogP contribution in [0.5, 0.6) is 0 Å². The highest BCUT2D eigenvalue weighted by Gasteiger charge is 2.47. The third kappa shape index (κ3) is 3.93. The second kappa shape index (κ2) is 9.27. The van der Waals surface area contributed by atoms with Crippen molar-refractivity contribution in [3.05, 3.63) is 36.8 Å². The number of piperidine rings is 1. The minimum Gasteiger partial charge on any atom is -0.376 e. The first-order chi connectivity index (χ1) is 19.3. The average Bonchev–Trinajstić information content (AvgIpc) is 3.67. The van der Waals surface area contributed by atoms with Crippen molar-refractivity contribution in [2.75, 3.05) is 47.5 Å². The van der Waals surface area contributed by atoms with E-state index in [2.05, 4.69) is 38.1 Å². The first-order valence-electron chi connectivity index (χ1n) is 13.8. The van der Waals surface area contributed by atoms with Gasteiger partial charge in [-0.25, -0.2) is 9.97 Å². The van der Waals surface area contributed by atoms with Crippen molar-refractivity contribution in [1.82, 2.24) is 29.9 Å². The molecule has 0 saturated carbocycles. The van der Waals surface area contributed by atoms with Crippen LogP contribution < -0.4 is 20.4 Å². The Balaban J connectivity index is 1.17. The number of aromatic nitrogens is 6. The molecule has 40 heavy (non-hydrogen) atoms. The molecule has 0 unspecified atom stereocenters. The second-order valence-corrected chi connectivity index (χ2v) is 11.3. The number of nitrogens with zero attached hydrogens (tertiary/aromatic N) is 8. The van der Waals surface area contributed by atoms with Gasteiger partial charge in [-0.1, -0.05) is 6.07 Å². The van der Waals surface area contributed by atoms with Gasteiger partial charge in [-0.2, -0.15) is 10.2 Å². The van der Waals surface area contributed by atoms with Crippen LogP contribution >= 0.6 is 0 Å². The van der Waals surface area contributed by atoms with E-state index in [9.17, 15) is 4.79 Å². The molecule has 0 aliphatic carbocycles. The van der Waals surface area contributed by atoms with E-state index in [1.54, 1.807) is 11.6 Å². The van der Waals surface area contributed by atoms with Gasteiger partial charge in [-0.05, 0) is 37.5 Å². The maximum Gasteiger partial charge on any atom is 0.223 e. The highest BCUT2D eigenvalue weighted by atomic mass is 16.5. The molecule has 12 nitrogen and oxygen atoms in total. The molecular weight excluding hydrogens is 508 g/mol. The molecule has 1 spiro atoms. The summed E-state index contributed by atoms with van der Waals surface area (Å²) in [6.07, 6.45) is 7.69. The first-order valence-corrected chi connectivity index (χ1v) is 13.8. The normalized spacial score (nSPS) is 22.4. The van der Waals surface area contributed by atoms with E-state index >= 15 is 0 Å². The molecule has 4 aromatic rings. The van der Waals surface area contributed by atoms with Crippen molar-refractivity contribution < 1.29 is 9.53 Å². The van der Waals surface area contributed by atoms with E-state index < -0.39 is 0 Å². The zero-order chi connectivity index (χ0) is 27.6. The average molecular weight is 543 g/mol. The number of nitrogens with two attached hydrogens (primary N) is 1. The molecule has 3 aliphatic rings. The van der Waals surface area contributed by atoms with Gasteiger partial charge in [0, 0.05) is 63.4 Å². The third-order valence-corrected chi connectivity index (χ3v) is 8.95. The van der Waals surface area contributed by atoms with Gasteiger partial charge in [0.2, 0.25) is 5.91 Å². The smallest absolute Gasteiger partial charge is 0.223 e. The van der Waals surface area contributed by atoms with Gasteiger partial charge in [-0.15, -0.1) is 0 Å². The van der Waals surface area contributed by atoms with E-state index in [0.717, 1.165) is 60.9 Å². The Morgan fingerprint density at radius 3 is 2.65 bits per heavy atom. The highest BCUT2D eigenvalue weighted by Crippen LogP contribution is 2.43. The number of hydrogen-bond donors (Lipinski definition) is 2. The summed E-state index contributed by atoms with van der Waals surface area (Å²) >= 11 is 0. The SMILES string of the molecule is CC(=O)N1CCN(c2n[nH]c3nc(N4CCC5(CC4)CO[C@@H](C)[C@H]5N)cnc23)c2ccc(-c3cnn(C)c3)cc21. The summed E-state index contributed by atoms with van der Waals surface area (Å²) in [6, 6.07) is 6.21. The third-order valence-electron chi connectivity index (χ3n) is 8.95. The van der Waals surface area contributed by atoms with Gasteiger partial charge in [0.25, 0.3) is 0 Å². The van der Waals surface area contributed by atoms with Crippen LogP contribution in [0.4, 0.5) is 23.0 Å². The zero-order valence-corrected chi connectivity index (χ0v) is 23.0. The fourth-order valence-electron chi connectivity index (χ4n) is 6.48. The number of fused-ring (bicyclic) bond motifs is 2. The van der Waals surface area contributed by atoms with Crippen molar-refractivity contribution in [3.63, 3.8) is 0 Å². The Bertz CT molecular complexity index is 1590. The minimum absolute atomic E-state index is 0.00319. The Kier molecular flexibility index (Phi) is 5.79. The maximum absolute atomic E-state index is 12.6. The lowest BCUT2D eigenvalue weighted by Gasteiger charge is -2.41. The number of carbonyl (C=O) groups is 1. The van der Waals surface area contributed by atoms with Gasteiger partial charge in [0.15, 0.2) is 17.0 Å². The van der Waals surface area contributed by atoms with Crippen molar-refractivity contribution in [3.8, 4) is 11.1 Å². The van der Waals surface area contributed by atoms with Crippen molar-refractivity contribution in [2.24, 2.45) is 18.2 Å². The topological polar surface area (TPSA) is 134 Å². The predicted molar refractivity (Wildman–Crippen MR) is 153 cm³/mol. The number of hydrogen-bond acceptors (Lipinski definition) is 9. The Morgan fingerprint density at radius 2 is 1.95 bits per heavy atom. The number of aryl methyl sites for hydroxylation is 1. The second-order valence-electron chi connectivity index (χ2n) is 11.3. The number of aromatic amines is 1. The van der Waals surface area contributed by atoms with Crippen molar-refractivity contribution in [1.29, 1.82) is 0 Å². The number of amides is 1.